The van der Waals surface area contributed by atoms with E-state index in [0.29, 0.717) is 5.56 Å². The second-order valence-corrected chi connectivity index (χ2v) is 4.90. The fourth-order valence-corrected chi connectivity index (χ4v) is 1.93. The van der Waals surface area contributed by atoms with Crippen LogP contribution in [0.25, 0.3) is 0 Å². The standard InChI is InChI=1S/C16H16N2O4/c1-17(2)16(19)15(12-7-4-3-5-8-12)22-14-10-6-9-13(11-14)18(20)21/h3-11,15H,1-2H3/t15-/m0/s1. The molecule has 0 aliphatic rings. The highest BCUT2D eigenvalue weighted by atomic mass is 16.6. The first-order chi connectivity index (χ1) is 10.5. The quantitative estimate of drug-likeness (QED) is 0.628. The molecule has 0 aliphatic carbocycles. The van der Waals surface area contributed by atoms with E-state index in [1.165, 1.54) is 23.1 Å². The lowest BCUT2D eigenvalue weighted by molar-refractivity contribution is -0.384. The number of benzene rings is 2. The number of nitro benzene ring substituents is 1. The Morgan fingerprint density at radius 2 is 1.82 bits per heavy atom. The Labute approximate surface area is 128 Å². The maximum Gasteiger partial charge on any atom is 0.273 e. The van der Waals surface area contributed by atoms with Gasteiger partial charge in [-0.1, -0.05) is 36.4 Å². The summed E-state index contributed by atoms with van der Waals surface area (Å²) in [5.74, 6) is 0.0379. The van der Waals surface area contributed by atoms with Gasteiger partial charge < -0.3 is 9.64 Å². The number of amides is 1. The molecule has 0 bridgehead atoms. The topological polar surface area (TPSA) is 72.7 Å². The molecule has 0 N–H and O–H groups in total. The summed E-state index contributed by atoms with van der Waals surface area (Å²) >= 11 is 0. The second kappa shape index (κ2) is 6.71. The molecular formula is C16H16N2O4. The fraction of sp³-hybridized carbons (Fsp3) is 0.188. The maximum atomic E-state index is 12.3. The SMILES string of the molecule is CN(C)C(=O)[C@@H](Oc1cccc([N+](=O)[O-])c1)c1ccccc1. The number of rotatable bonds is 5. The third-order valence-electron chi connectivity index (χ3n) is 3.05. The minimum Gasteiger partial charge on any atom is -0.476 e. The van der Waals surface area contributed by atoms with E-state index in [-0.39, 0.29) is 17.3 Å². The molecule has 114 valence electrons. The molecule has 0 fully saturated rings. The summed E-state index contributed by atoms with van der Waals surface area (Å²) in [6.07, 6.45) is -0.849. The van der Waals surface area contributed by atoms with Gasteiger partial charge in [0, 0.05) is 25.7 Å². The predicted molar refractivity (Wildman–Crippen MR) is 81.6 cm³/mol. The van der Waals surface area contributed by atoms with Crippen LogP contribution >= 0.6 is 0 Å². The summed E-state index contributed by atoms with van der Waals surface area (Å²) in [6, 6.07) is 14.8. The number of hydrogen-bond acceptors (Lipinski definition) is 4. The average Bonchev–Trinajstić information content (AvgIpc) is 2.53. The van der Waals surface area contributed by atoms with Crippen LogP contribution < -0.4 is 4.74 Å². The van der Waals surface area contributed by atoms with E-state index in [1.54, 1.807) is 32.3 Å². The summed E-state index contributed by atoms with van der Waals surface area (Å²) in [6.45, 7) is 0. The molecule has 1 atom stereocenters. The van der Waals surface area contributed by atoms with Crippen molar-refractivity contribution in [2.45, 2.75) is 6.10 Å². The lowest BCUT2D eigenvalue weighted by Gasteiger charge is -2.22. The average molecular weight is 300 g/mol. The normalized spacial score (nSPS) is 11.5. The van der Waals surface area contributed by atoms with E-state index in [9.17, 15) is 14.9 Å². The Hall–Kier alpha value is -2.89. The molecule has 6 heteroatoms. The third kappa shape index (κ3) is 3.60. The molecule has 0 heterocycles. The summed E-state index contributed by atoms with van der Waals surface area (Å²) in [7, 11) is 3.27. The van der Waals surface area contributed by atoms with Crippen LogP contribution in [-0.4, -0.2) is 29.8 Å². The van der Waals surface area contributed by atoms with Crippen LogP contribution in [0.1, 0.15) is 11.7 Å². The van der Waals surface area contributed by atoms with Crippen molar-refractivity contribution in [3.05, 3.63) is 70.3 Å². The van der Waals surface area contributed by atoms with Crippen LogP contribution in [0.2, 0.25) is 0 Å². The van der Waals surface area contributed by atoms with Gasteiger partial charge in [0.05, 0.1) is 11.0 Å². The summed E-state index contributed by atoms with van der Waals surface area (Å²) in [5, 5.41) is 10.8. The van der Waals surface area contributed by atoms with Crippen LogP contribution in [0.5, 0.6) is 5.75 Å². The molecule has 0 aromatic heterocycles. The van der Waals surface area contributed by atoms with E-state index < -0.39 is 11.0 Å². The van der Waals surface area contributed by atoms with Crippen molar-refractivity contribution in [1.29, 1.82) is 0 Å². The van der Waals surface area contributed by atoms with Gasteiger partial charge in [-0.25, -0.2) is 0 Å². The molecular weight excluding hydrogens is 284 g/mol. The molecule has 2 rings (SSSR count). The highest BCUT2D eigenvalue weighted by Gasteiger charge is 2.24. The number of hydrogen-bond donors (Lipinski definition) is 0. The highest BCUT2D eigenvalue weighted by molar-refractivity contribution is 5.82. The lowest BCUT2D eigenvalue weighted by atomic mass is 10.1. The number of nitrogens with zero attached hydrogens (tertiary/aromatic N) is 2. The molecule has 2 aromatic rings. The molecule has 0 spiro atoms. The van der Waals surface area contributed by atoms with Gasteiger partial charge in [0.25, 0.3) is 11.6 Å². The van der Waals surface area contributed by atoms with Gasteiger partial charge in [0.15, 0.2) is 0 Å². The molecule has 0 unspecified atom stereocenters. The molecule has 1 amide bonds. The molecule has 0 saturated carbocycles. The van der Waals surface area contributed by atoms with Gasteiger partial charge in [-0.2, -0.15) is 0 Å². The number of non-ortho nitro benzene ring substituents is 1. The zero-order valence-electron chi connectivity index (χ0n) is 12.3. The van der Waals surface area contributed by atoms with Gasteiger partial charge in [-0.3, -0.25) is 14.9 Å². The number of carbonyl (C=O) groups excluding carboxylic acids is 1. The fourth-order valence-electron chi connectivity index (χ4n) is 1.93. The van der Waals surface area contributed by atoms with Crippen molar-refractivity contribution >= 4 is 11.6 Å². The first-order valence-electron chi connectivity index (χ1n) is 6.66. The van der Waals surface area contributed by atoms with Gasteiger partial charge in [0.2, 0.25) is 6.10 Å². The first-order valence-corrected chi connectivity index (χ1v) is 6.66. The number of nitro groups is 1. The van der Waals surface area contributed by atoms with Gasteiger partial charge in [-0.05, 0) is 6.07 Å². The minimum atomic E-state index is -0.849. The molecule has 2 aromatic carbocycles. The molecule has 6 nitrogen and oxygen atoms in total. The largest absolute Gasteiger partial charge is 0.476 e. The van der Waals surface area contributed by atoms with Crippen LogP contribution in [0.15, 0.2) is 54.6 Å². The maximum absolute atomic E-state index is 12.3. The van der Waals surface area contributed by atoms with Gasteiger partial charge >= 0.3 is 0 Å². The van der Waals surface area contributed by atoms with Crippen LogP contribution in [0, 0.1) is 10.1 Å². The van der Waals surface area contributed by atoms with Crippen molar-refractivity contribution in [3.8, 4) is 5.75 Å². The molecule has 0 radical (unpaired) electrons. The monoisotopic (exact) mass is 300 g/mol. The number of ether oxygens (including phenoxy) is 1. The smallest absolute Gasteiger partial charge is 0.273 e. The second-order valence-electron chi connectivity index (χ2n) is 4.90. The molecule has 22 heavy (non-hydrogen) atoms. The van der Waals surface area contributed by atoms with E-state index in [0.717, 1.165) is 0 Å². The Bertz CT molecular complexity index is 671. The zero-order valence-corrected chi connectivity index (χ0v) is 12.3. The minimum absolute atomic E-state index is 0.0818. The van der Waals surface area contributed by atoms with Crippen LogP contribution in [-0.2, 0) is 4.79 Å². The Kier molecular flexibility index (Phi) is 4.73. The van der Waals surface area contributed by atoms with Crippen LogP contribution in [0.4, 0.5) is 5.69 Å². The van der Waals surface area contributed by atoms with Crippen molar-refractivity contribution in [3.63, 3.8) is 0 Å². The van der Waals surface area contributed by atoms with Crippen molar-refractivity contribution in [2.75, 3.05) is 14.1 Å². The first kappa shape index (κ1) is 15.5. The summed E-state index contributed by atoms with van der Waals surface area (Å²) < 4.78 is 5.72. The Morgan fingerprint density at radius 1 is 1.14 bits per heavy atom. The van der Waals surface area contributed by atoms with Gasteiger partial charge in [-0.15, -0.1) is 0 Å². The van der Waals surface area contributed by atoms with Crippen molar-refractivity contribution in [1.82, 2.24) is 4.90 Å². The third-order valence-corrected chi connectivity index (χ3v) is 3.05. The van der Waals surface area contributed by atoms with Crippen molar-refractivity contribution in [2.24, 2.45) is 0 Å². The van der Waals surface area contributed by atoms with E-state index >= 15 is 0 Å². The van der Waals surface area contributed by atoms with E-state index in [2.05, 4.69) is 0 Å². The van der Waals surface area contributed by atoms with Gasteiger partial charge in [0.1, 0.15) is 5.75 Å². The van der Waals surface area contributed by atoms with Crippen molar-refractivity contribution < 1.29 is 14.5 Å². The molecule has 0 saturated heterocycles. The summed E-state index contributed by atoms with van der Waals surface area (Å²) in [4.78, 5) is 24.1. The Balaban J connectivity index is 2.33. The number of carbonyl (C=O) groups is 1. The molecule has 0 aliphatic heterocycles. The Morgan fingerprint density at radius 3 is 2.41 bits per heavy atom. The predicted octanol–water partition coefficient (Wildman–Crippen LogP) is 2.80. The summed E-state index contributed by atoms with van der Waals surface area (Å²) in [5.41, 5.74) is 0.606. The van der Waals surface area contributed by atoms with E-state index in [1.807, 2.05) is 18.2 Å². The zero-order chi connectivity index (χ0) is 16.1. The lowest BCUT2D eigenvalue weighted by Crippen LogP contribution is -2.31. The van der Waals surface area contributed by atoms with Crippen LogP contribution in [0.3, 0.4) is 0 Å². The highest BCUT2D eigenvalue weighted by Crippen LogP contribution is 2.26. The number of likely N-dealkylation sites (N-methyl/N-ethyl adjacent to an activating group) is 1. The van der Waals surface area contributed by atoms with E-state index in [4.69, 9.17) is 4.74 Å².